The van der Waals surface area contributed by atoms with E-state index in [-0.39, 0.29) is 29.8 Å². The van der Waals surface area contributed by atoms with Crippen LogP contribution in [0.1, 0.15) is 66.2 Å². The first kappa shape index (κ1) is 18.7. The average Bonchev–Trinajstić information content (AvgIpc) is 2.85. The lowest BCUT2D eigenvalue weighted by molar-refractivity contribution is 0.00578. The molecule has 0 amide bonds. The standard InChI is InChI=1S/C17H32BNO4S/c1-15(2)16(3,4)23-18(22-15)12-14-11-17(9-7-6-8-10-17)13-19(14)24(5,20)21/h14H,6-13H2,1-5H3. The van der Waals surface area contributed by atoms with Crippen molar-refractivity contribution >= 4 is 17.1 Å². The summed E-state index contributed by atoms with van der Waals surface area (Å²) in [5.74, 6) is 0. The van der Waals surface area contributed by atoms with Gasteiger partial charge in [0.1, 0.15) is 0 Å². The van der Waals surface area contributed by atoms with Gasteiger partial charge >= 0.3 is 7.12 Å². The zero-order valence-corrected chi connectivity index (χ0v) is 16.6. The largest absolute Gasteiger partial charge is 0.459 e. The summed E-state index contributed by atoms with van der Waals surface area (Å²) in [5, 5.41) is 0. The molecular weight excluding hydrogens is 325 g/mol. The van der Waals surface area contributed by atoms with E-state index in [4.69, 9.17) is 9.31 Å². The van der Waals surface area contributed by atoms with Crippen LogP contribution in [0.3, 0.4) is 0 Å². The third-order valence-corrected chi connectivity index (χ3v) is 7.95. The van der Waals surface area contributed by atoms with Crippen LogP contribution in [0.2, 0.25) is 6.32 Å². The van der Waals surface area contributed by atoms with Crippen molar-refractivity contribution in [2.75, 3.05) is 12.8 Å². The molecule has 0 aromatic carbocycles. The number of hydrogen-bond donors (Lipinski definition) is 0. The Bertz CT molecular complexity index is 567. The van der Waals surface area contributed by atoms with E-state index in [0.717, 1.165) is 19.3 Å². The van der Waals surface area contributed by atoms with Crippen molar-refractivity contribution in [3.8, 4) is 0 Å². The molecule has 1 atom stereocenters. The Hall–Kier alpha value is -0.105. The summed E-state index contributed by atoms with van der Waals surface area (Å²) >= 11 is 0. The monoisotopic (exact) mass is 357 g/mol. The van der Waals surface area contributed by atoms with Crippen LogP contribution in [0.5, 0.6) is 0 Å². The van der Waals surface area contributed by atoms with Crippen LogP contribution in [-0.2, 0) is 19.3 Å². The second kappa shape index (κ2) is 5.97. The minimum absolute atomic E-state index is 0.00667. The summed E-state index contributed by atoms with van der Waals surface area (Å²) in [6.45, 7) is 8.84. The van der Waals surface area contributed by atoms with Gasteiger partial charge in [0.25, 0.3) is 0 Å². The van der Waals surface area contributed by atoms with Gasteiger partial charge in [0.15, 0.2) is 0 Å². The van der Waals surface area contributed by atoms with Gasteiger partial charge in [0, 0.05) is 12.6 Å². The zero-order chi connectivity index (χ0) is 17.8. The third-order valence-electron chi connectivity index (χ3n) is 6.67. The Morgan fingerprint density at radius 1 is 1.04 bits per heavy atom. The fourth-order valence-corrected chi connectivity index (χ4v) is 5.87. The lowest BCUT2D eigenvalue weighted by atomic mass is 9.70. The Morgan fingerprint density at radius 3 is 2.08 bits per heavy atom. The maximum absolute atomic E-state index is 12.3. The summed E-state index contributed by atoms with van der Waals surface area (Å²) in [4.78, 5) is 0. The molecule has 138 valence electrons. The lowest BCUT2D eigenvalue weighted by Gasteiger charge is -2.33. The van der Waals surface area contributed by atoms with Crippen molar-refractivity contribution in [3.05, 3.63) is 0 Å². The van der Waals surface area contributed by atoms with Crippen LogP contribution in [-0.4, -0.2) is 49.9 Å². The summed E-state index contributed by atoms with van der Waals surface area (Å²) in [6.07, 6.45) is 8.94. The first-order valence-electron chi connectivity index (χ1n) is 9.27. The number of rotatable bonds is 3. The van der Waals surface area contributed by atoms with E-state index in [1.54, 1.807) is 4.31 Å². The smallest absolute Gasteiger partial charge is 0.403 e. The minimum atomic E-state index is -3.20. The van der Waals surface area contributed by atoms with Gasteiger partial charge in [0.2, 0.25) is 10.0 Å². The Balaban J connectivity index is 1.76. The van der Waals surface area contributed by atoms with E-state index in [1.165, 1.54) is 25.5 Å². The minimum Gasteiger partial charge on any atom is -0.403 e. The molecule has 5 nitrogen and oxygen atoms in total. The van der Waals surface area contributed by atoms with Gasteiger partial charge in [0.05, 0.1) is 17.5 Å². The Kier molecular flexibility index (Phi) is 4.64. The van der Waals surface area contributed by atoms with E-state index in [9.17, 15) is 8.42 Å². The zero-order valence-electron chi connectivity index (χ0n) is 15.8. The molecule has 2 heterocycles. The molecule has 0 aromatic heterocycles. The van der Waals surface area contributed by atoms with Gasteiger partial charge in [-0.1, -0.05) is 19.3 Å². The number of sulfonamides is 1. The fourth-order valence-electron chi connectivity index (χ4n) is 4.66. The van der Waals surface area contributed by atoms with Crippen LogP contribution in [0.15, 0.2) is 0 Å². The van der Waals surface area contributed by atoms with Crippen LogP contribution in [0.25, 0.3) is 0 Å². The molecule has 1 saturated carbocycles. The summed E-state index contributed by atoms with van der Waals surface area (Å²) < 4.78 is 38.6. The van der Waals surface area contributed by atoms with Crippen molar-refractivity contribution in [2.45, 2.75) is 89.8 Å². The molecule has 1 spiro atoms. The molecule has 3 aliphatic rings. The molecule has 1 aliphatic carbocycles. The molecule has 2 aliphatic heterocycles. The van der Waals surface area contributed by atoms with E-state index in [0.29, 0.717) is 12.9 Å². The average molecular weight is 357 g/mol. The molecule has 7 heteroatoms. The number of nitrogens with zero attached hydrogens (tertiary/aromatic N) is 1. The van der Waals surface area contributed by atoms with Crippen LogP contribution in [0, 0.1) is 5.41 Å². The summed E-state index contributed by atoms with van der Waals surface area (Å²) in [7, 11) is -3.53. The topological polar surface area (TPSA) is 55.8 Å². The maximum Gasteiger partial charge on any atom is 0.459 e. The highest BCUT2D eigenvalue weighted by atomic mass is 32.2. The third kappa shape index (κ3) is 3.42. The maximum atomic E-state index is 12.3. The van der Waals surface area contributed by atoms with Gasteiger partial charge in [-0.15, -0.1) is 0 Å². The van der Waals surface area contributed by atoms with Crippen molar-refractivity contribution in [3.63, 3.8) is 0 Å². The van der Waals surface area contributed by atoms with Crippen molar-refractivity contribution in [1.29, 1.82) is 0 Å². The van der Waals surface area contributed by atoms with E-state index >= 15 is 0 Å². The Morgan fingerprint density at radius 2 is 1.58 bits per heavy atom. The van der Waals surface area contributed by atoms with Gasteiger partial charge in [-0.25, -0.2) is 8.42 Å². The first-order valence-corrected chi connectivity index (χ1v) is 11.1. The van der Waals surface area contributed by atoms with Gasteiger partial charge < -0.3 is 9.31 Å². The molecule has 3 fully saturated rings. The normalized spacial score (nSPS) is 32.5. The fraction of sp³-hybridized carbons (Fsp3) is 1.00. The van der Waals surface area contributed by atoms with Crippen molar-refractivity contribution < 1.29 is 17.7 Å². The van der Waals surface area contributed by atoms with Gasteiger partial charge in [-0.2, -0.15) is 4.31 Å². The van der Waals surface area contributed by atoms with Crippen LogP contribution in [0.4, 0.5) is 0 Å². The van der Waals surface area contributed by atoms with Crippen LogP contribution < -0.4 is 0 Å². The lowest BCUT2D eigenvalue weighted by Crippen LogP contribution is -2.41. The summed E-state index contributed by atoms with van der Waals surface area (Å²) in [6, 6.07) is -0.00667. The van der Waals surface area contributed by atoms with E-state index in [2.05, 4.69) is 0 Å². The Labute approximate surface area is 147 Å². The molecule has 2 saturated heterocycles. The second-order valence-electron chi connectivity index (χ2n) is 9.15. The molecule has 0 N–H and O–H groups in total. The van der Waals surface area contributed by atoms with E-state index in [1.807, 2.05) is 27.7 Å². The number of hydrogen-bond acceptors (Lipinski definition) is 4. The molecule has 0 aromatic rings. The van der Waals surface area contributed by atoms with E-state index < -0.39 is 10.0 Å². The molecule has 1 unspecified atom stereocenters. The highest BCUT2D eigenvalue weighted by molar-refractivity contribution is 7.88. The molecule has 3 rings (SSSR count). The van der Waals surface area contributed by atoms with Gasteiger partial charge in [-0.3, -0.25) is 0 Å². The molecule has 24 heavy (non-hydrogen) atoms. The predicted molar refractivity (Wildman–Crippen MR) is 96.4 cm³/mol. The highest BCUT2D eigenvalue weighted by Gasteiger charge is 2.54. The van der Waals surface area contributed by atoms with Crippen LogP contribution >= 0.6 is 0 Å². The first-order chi connectivity index (χ1) is 10.9. The molecule has 0 bridgehead atoms. The van der Waals surface area contributed by atoms with Crippen molar-refractivity contribution in [1.82, 2.24) is 4.31 Å². The molecular formula is C17H32BNO4S. The van der Waals surface area contributed by atoms with Crippen molar-refractivity contribution in [2.24, 2.45) is 5.41 Å². The van der Waals surface area contributed by atoms with Gasteiger partial charge in [-0.05, 0) is 58.7 Å². The second-order valence-corrected chi connectivity index (χ2v) is 11.1. The molecule has 0 radical (unpaired) electrons. The predicted octanol–water partition coefficient (Wildman–Crippen LogP) is 3.06. The quantitative estimate of drug-likeness (QED) is 0.729. The summed E-state index contributed by atoms with van der Waals surface area (Å²) in [5.41, 5.74) is -0.556. The highest BCUT2D eigenvalue weighted by Crippen LogP contribution is 2.49. The SMILES string of the molecule is CC1(C)OB(CC2CC3(CCCCC3)CN2S(C)(=O)=O)OC1(C)C.